The molecule has 29 heavy (non-hydrogen) atoms. The molecule has 0 fully saturated rings. The van der Waals surface area contributed by atoms with Gasteiger partial charge in [-0.25, -0.2) is 0 Å². The van der Waals surface area contributed by atoms with Crippen LogP contribution >= 0.6 is 0 Å². The lowest BCUT2D eigenvalue weighted by Crippen LogP contribution is -2.26. The van der Waals surface area contributed by atoms with Gasteiger partial charge in [-0.05, 0) is 48.0 Å². The monoisotopic (exact) mass is 388 g/mol. The van der Waals surface area contributed by atoms with E-state index in [1.54, 1.807) is 54.5 Å². The standard InChI is InChI=1S/C23H24N4O2/c1-26(2)21-11-9-17(10-12-21)16-27(3)23(29)18-6-4-8-20(14-18)25-22(28)19-7-5-13-24-15-19/h4-15H,16H2,1-3H3,(H,25,28). The van der Waals surface area contributed by atoms with Crippen molar-refractivity contribution in [3.63, 3.8) is 0 Å². The van der Waals surface area contributed by atoms with Gasteiger partial charge in [0.1, 0.15) is 0 Å². The van der Waals surface area contributed by atoms with Crippen LogP contribution in [0.4, 0.5) is 11.4 Å². The molecule has 1 N–H and O–H groups in total. The molecule has 0 bridgehead atoms. The number of anilines is 2. The topological polar surface area (TPSA) is 65.5 Å². The molecule has 0 aliphatic carbocycles. The van der Waals surface area contributed by atoms with Gasteiger partial charge in [-0.2, -0.15) is 0 Å². The molecule has 0 unspecified atom stereocenters. The fourth-order valence-electron chi connectivity index (χ4n) is 2.90. The van der Waals surface area contributed by atoms with Crippen LogP contribution in [0.25, 0.3) is 0 Å². The second kappa shape index (κ2) is 9.01. The zero-order chi connectivity index (χ0) is 20.8. The van der Waals surface area contributed by atoms with Crippen LogP contribution in [0.3, 0.4) is 0 Å². The largest absolute Gasteiger partial charge is 0.378 e. The Hall–Kier alpha value is -3.67. The second-order valence-electron chi connectivity index (χ2n) is 7.00. The van der Waals surface area contributed by atoms with Crippen LogP contribution in [0.2, 0.25) is 0 Å². The lowest BCUT2D eigenvalue weighted by molar-refractivity contribution is 0.0784. The van der Waals surface area contributed by atoms with Crippen LogP contribution in [0.1, 0.15) is 26.3 Å². The molecule has 0 saturated carbocycles. The smallest absolute Gasteiger partial charge is 0.257 e. The number of nitrogens with zero attached hydrogens (tertiary/aromatic N) is 3. The highest BCUT2D eigenvalue weighted by Crippen LogP contribution is 2.17. The first kappa shape index (κ1) is 20.1. The summed E-state index contributed by atoms with van der Waals surface area (Å²) in [7, 11) is 5.75. The summed E-state index contributed by atoms with van der Waals surface area (Å²) in [5, 5.41) is 2.80. The van der Waals surface area contributed by atoms with Gasteiger partial charge in [-0.3, -0.25) is 14.6 Å². The SMILES string of the molecule is CN(Cc1ccc(N(C)C)cc1)C(=O)c1cccc(NC(=O)c2cccnc2)c1. The maximum Gasteiger partial charge on any atom is 0.257 e. The van der Waals surface area contributed by atoms with Crippen LogP contribution in [-0.4, -0.2) is 42.8 Å². The summed E-state index contributed by atoms with van der Waals surface area (Å²) in [6, 6.07) is 18.4. The first-order valence-corrected chi connectivity index (χ1v) is 9.27. The molecule has 3 rings (SSSR count). The summed E-state index contributed by atoms with van der Waals surface area (Å²) in [5.41, 5.74) is 3.70. The minimum Gasteiger partial charge on any atom is -0.378 e. The predicted octanol–water partition coefficient (Wildman–Crippen LogP) is 3.67. The molecule has 3 aromatic rings. The number of hydrogen-bond acceptors (Lipinski definition) is 4. The van der Waals surface area contributed by atoms with Gasteiger partial charge in [-0.1, -0.05) is 18.2 Å². The summed E-state index contributed by atoms with van der Waals surface area (Å²) in [5.74, 6) is -0.379. The Morgan fingerprint density at radius 3 is 2.31 bits per heavy atom. The second-order valence-corrected chi connectivity index (χ2v) is 7.00. The third-order valence-electron chi connectivity index (χ3n) is 4.51. The fraction of sp³-hybridized carbons (Fsp3) is 0.174. The van der Waals surface area contributed by atoms with Gasteiger partial charge in [0, 0.05) is 57.0 Å². The highest BCUT2D eigenvalue weighted by Gasteiger charge is 2.14. The Balaban J connectivity index is 1.67. The lowest BCUT2D eigenvalue weighted by atomic mass is 10.1. The molecule has 148 valence electrons. The van der Waals surface area contributed by atoms with E-state index < -0.39 is 0 Å². The molecule has 0 radical (unpaired) electrons. The molecule has 2 amide bonds. The zero-order valence-electron chi connectivity index (χ0n) is 16.8. The molecule has 0 saturated heterocycles. The molecular weight excluding hydrogens is 364 g/mol. The van der Waals surface area contributed by atoms with Crippen molar-refractivity contribution >= 4 is 23.2 Å². The predicted molar refractivity (Wildman–Crippen MR) is 115 cm³/mol. The van der Waals surface area contributed by atoms with Gasteiger partial charge >= 0.3 is 0 Å². The van der Waals surface area contributed by atoms with E-state index in [9.17, 15) is 9.59 Å². The van der Waals surface area contributed by atoms with Gasteiger partial charge in [0.2, 0.25) is 0 Å². The average molecular weight is 388 g/mol. The van der Waals surface area contributed by atoms with Crippen molar-refractivity contribution < 1.29 is 9.59 Å². The Morgan fingerprint density at radius 2 is 1.66 bits per heavy atom. The molecule has 0 aliphatic heterocycles. The van der Waals surface area contributed by atoms with Gasteiger partial charge in [0.05, 0.1) is 5.56 Å². The van der Waals surface area contributed by atoms with E-state index in [2.05, 4.69) is 10.3 Å². The lowest BCUT2D eigenvalue weighted by Gasteiger charge is -2.19. The van der Waals surface area contributed by atoms with Crippen molar-refractivity contribution in [2.75, 3.05) is 31.4 Å². The number of carbonyl (C=O) groups excluding carboxylic acids is 2. The van der Waals surface area contributed by atoms with Crippen molar-refractivity contribution in [2.24, 2.45) is 0 Å². The molecular formula is C23H24N4O2. The summed E-state index contributed by atoms with van der Waals surface area (Å²) in [6.45, 7) is 0.499. The third-order valence-corrected chi connectivity index (χ3v) is 4.51. The Bertz CT molecular complexity index is 985. The van der Waals surface area contributed by atoms with Crippen LogP contribution in [0.15, 0.2) is 73.1 Å². The normalized spacial score (nSPS) is 10.3. The number of nitrogens with one attached hydrogen (secondary N) is 1. The van der Waals surface area contributed by atoms with Crippen LogP contribution in [0, 0.1) is 0 Å². The highest BCUT2D eigenvalue weighted by atomic mass is 16.2. The number of benzene rings is 2. The highest BCUT2D eigenvalue weighted by molar-refractivity contribution is 6.04. The van der Waals surface area contributed by atoms with Crippen molar-refractivity contribution in [3.8, 4) is 0 Å². The molecule has 6 heteroatoms. The van der Waals surface area contributed by atoms with Crippen molar-refractivity contribution in [1.82, 2.24) is 9.88 Å². The maximum absolute atomic E-state index is 12.8. The summed E-state index contributed by atoms with van der Waals surface area (Å²) >= 11 is 0. The van der Waals surface area contributed by atoms with Crippen LogP contribution in [0.5, 0.6) is 0 Å². The summed E-state index contributed by atoms with van der Waals surface area (Å²) in [4.78, 5) is 32.8. The quantitative estimate of drug-likeness (QED) is 0.700. The van der Waals surface area contributed by atoms with Crippen LogP contribution < -0.4 is 10.2 Å². The van der Waals surface area contributed by atoms with E-state index in [0.717, 1.165) is 11.3 Å². The van der Waals surface area contributed by atoms with Gasteiger partial charge in [0.25, 0.3) is 11.8 Å². The van der Waals surface area contributed by atoms with Crippen LogP contribution in [-0.2, 0) is 6.54 Å². The number of aromatic nitrogens is 1. The minimum absolute atomic E-state index is 0.112. The molecule has 1 heterocycles. The van der Waals surface area contributed by atoms with E-state index in [-0.39, 0.29) is 11.8 Å². The molecule has 0 spiro atoms. The Labute approximate surface area is 170 Å². The molecule has 1 aromatic heterocycles. The summed E-state index contributed by atoms with van der Waals surface area (Å²) in [6.07, 6.45) is 3.11. The average Bonchev–Trinajstić information content (AvgIpc) is 2.74. The molecule has 6 nitrogen and oxygen atoms in total. The maximum atomic E-state index is 12.8. The van der Waals surface area contributed by atoms with E-state index in [1.807, 2.05) is 43.3 Å². The Morgan fingerprint density at radius 1 is 0.931 bits per heavy atom. The van der Waals surface area contributed by atoms with Crippen molar-refractivity contribution in [1.29, 1.82) is 0 Å². The zero-order valence-corrected chi connectivity index (χ0v) is 16.8. The van der Waals surface area contributed by atoms with Crippen molar-refractivity contribution in [3.05, 3.63) is 89.7 Å². The fourth-order valence-corrected chi connectivity index (χ4v) is 2.90. The van der Waals surface area contributed by atoms with Gasteiger partial charge in [-0.15, -0.1) is 0 Å². The number of rotatable bonds is 6. The first-order valence-electron chi connectivity index (χ1n) is 9.27. The molecule has 0 atom stereocenters. The Kier molecular flexibility index (Phi) is 6.24. The van der Waals surface area contributed by atoms with Gasteiger partial charge in [0.15, 0.2) is 0 Å². The van der Waals surface area contributed by atoms with E-state index >= 15 is 0 Å². The number of hydrogen-bond donors (Lipinski definition) is 1. The third kappa shape index (κ3) is 5.19. The summed E-state index contributed by atoms with van der Waals surface area (Å²) < 4.78 is 0. The number of amides is 2. The molecule has 2 aromatic carbocycles. The van der Waals surface area contributed by atoms with Crippen molar-refractivity contribution in [2.45, 2.75) is 6.54 Å². The number of pyridine rings is 1. The van der Waals surface area contributed by atoms with E-state index in [4.69, 9.17) is 0 Å². The minimum atomic E-state index is -0.267. The number of carbonyl (C=O) groups is 2. The molecule has 0 aliphatic rings. The first-order chi connectivity index (χ1) is 13.9. The van der Waals surface area contributed by atoms with Gasteiger partial charge < -0.3 is 15.1 Å². The van der Waals surface area contributed by atoms with E-state index in [0.29, 0.717) is 23.4 Å². The van der Waals surface area contributed by atoms with E-state index in [1.165, 1.54) is 6.20 Å².